The Hall–Kier alpha value is -2.88. The van der Waals surface area contributed by atoms with Gasteiger partial charge in [0.1, 0.15) is 0 Å². The number of pyridine rings is 2. The second-order valence-corrected chi connectivity index (χ2v) is 13.4. The monoisotopic (exact) mass is 763 g/mol. The molecule has 0 spiro atoms. The van der Waals surface area contributed by atoms with Gasteiger partial charge < -0.3 is 5.32 Å². The minimum atomic E-state index is -0.0994. The molecule has 4 nitrogen and oxygen atoms in total. The van der Waals surface area contributed by atoms with E-state index in [1.165, 1.54) is 97.5 Å². The van der Waals surface area contributed by atoms with Crippen LogP contribution in [0, 0.1) is 13.0 Å². The number of aryl methyl sites for hydroxylation is 1. The standard InChI is InChI=1S/C22H17N2.C17H29N2.Ir/c1-13-10-18-20-19(24-13)8-9-23-21(20)16-11-14-6-4-5-7-15(14)12-17(16)22(18,2)3;1-14(18-16-9-5-3-6-10-16)13-15(2)19-17-11-7-4-8-12-17;/h4-10,12H,1-3H3;13,16-17H,3-12H2,1-2H3;/q2*-1;/b;14-13-,19-15?;. The number of aliphatic imine (C=N–C) groups is 1. The molecule has 0 saturated heterocycles. The topological polar surface area (TPSA) is 52.2 Å². The van der Waals surface area contributed by atoms with Gasteiger partial charge in [0.2, 0.25) is 0 Å². The summed E-state index contributed by atoms with van der Waals surface area (Å²) in [5, 5.41) is 8.38. The van der Waals surface area contributed by atoms with Crippen molar-refractivity contribution in [3.05, 3.63) is 88.6 Å². The molecule has 2 saturated carbocycles. The largest absolute Gasteiger partial charge is 0.685 e. The molecule has 3 aliphatic carbocycles. The summed E-state index contributed by atoms with van der Waals surface area (Å²) in [7, 11) is 0. The summed E-state index contributed by atoms with van der Waals surface area (Å²) in [5.74, 6) is 0. The van der Waals surface area contributed by atoms with Crippen molar-refractivity contribution >= 4 is 27.4 Å². The summed E-state index contributed by atoms with van der Waals surface area (Å²) < 4.78 is 0. The van der Waals surface area contributed by atoms with Crippen molar-refractivity contribution in [3.8, 4) is 11.3 Å². The van der Waals surface area contributed by atoms with Crippen LogP contribution in [-0.2, 0) is 25.5 Å². The summed E-state index contributed by atoms with van der Waals surface area (Å²) in [6.07, 6.45) is 17.4. The van der Waals surface area contributed by atoms with E-state index in [0.717, 1.165) is 27.9 Å². The number of fused-ring (bicyclic) bond motifs is 3. The van der Waals surface area contributed by atoms with Gasteiger partial charge in [-0.05, 0) is 55.2 Å². The Labute approximate surface area is 277 Å². The van der Waals surface area contributed by atoms with E-state index in [9.17, 15) is 0 Å². The van der Waals surface area contributed by atoms with Crippen molar-refractivity contribution in [2.75, 3.05) is 0 Å². The second kappa shape index (κ2) is 14.0. The molecule has 2 fully saturated rings. The summed E-state index contributed by atoms with van der Waals surface area (Å²) in [4.78, 5) is 14.3. The van der Waals surface area contributed by atoms with Gasteiger partial charge in [-0.15, -0.1) is 29.6 Å². The quantitative estimate of drug-likeness (QED) is 0.154. The fourth-order valence-corrected chi connectivity index (χ4v) is 7.36. The Morgan fingerprint density at radius 2 is 1.64 bits per heavy atom. The molecule has 233 valence electrons. The first-order valence-corrected chi connectivity index (χ1v) is 16.5. The van der Waals surface area contributed by atoms with Crippen molar-refractivity contribution in [1.82, 2.24) is 9.97 Å². The Bertz CT molecular complexity index is 1670. The van der Waals surface area contributed by atoms with Gasteiger partial charge in [0.25, 0.3) is 0 Å². The van der Waals surface area contributed by atoms with Gasteiger partial charge in [0.15, 0.2) is 0 Å². The summed E-state index contributed by atoms with van der Waals surface area (Å²) in [6.45, 7) is 10.9. The molecule has 3 aliphatic rings. The molecular formula is C39H46IrN4-2. The average molecular weight is 763 g/mol. The Kier molecular flexibility index (Phi) is 10.4. The molecule has 0 amide bonds. The predicted molar refractivity (Wildman–Crippen MR) is 182 cm³/mol. The fraction of sp³-hybridized carbons (Fsp3) is 0.462. The maximum atomic E-state index is 4.85. The predicted octanol–water partition coefficient (Wildman–Crippen LogP) is 10.6. The van der Waals surface area contributed by atoms with E-state index in [1.54, 1.807) is 0 Å². The first-order valence-electron chi connectivity index (χ1n) is 16.5. The van der Waals surface area contributed by atoms with Crippen LogP contribution in [0.25, 0.3) is 38.2 Å². The molecule has 2 heterocycles. The van der Waals surface area contributed by atoms with Crippen LogP contribution in [0.1, 0.15) is 109 Å². The Balaban J connectivity index is 0.000000176. The number of hydrogen-bond acceptors (Lipinski definition) is 3. The maximum absolute atomic E-state index is 4.85. The molecule has 7 rings (SSSR count). The third-order valence-corrected chi connectivity index (χ3v) is 9.56. The zero-order valence-corrected chi connectivity index (χ0v) is 29.4. The van der Waals surface area contributed by atoms with Crippen LogP contribution in [-0.4, -0.2) is 27.8 Å². The SMILES string of the molecule is CC(/C=C(/C)[N-]C1CCCCC1)=NC1CCCCC1.Cc1cc2c3c(nccc3n1)-c1[c-]c3ccccc3cc1C2(C)C.[Ir]. The summed E-state index contributed by atoms with van der Waals surface area (Å²) in [5.41, 5.74) is 9.04. The molecule has 0 N–H and O–H groups in total. The smallest absolute Gasteiger partial charge is 0.0669 e. The van der Waals surface area contributed by atoms with E-state index in [0.29, 0.717) is 12.1 Å². The second-order valence-electron chi connectivity index (χ2n) is 13.4. The van der Waals surface area contributed by atoms with Crippen LogP contribution >= 0.6 is 0 Å². The third-order valence-electron chi connectivity index (χ3n) is 9.56. The van der Waals surface area contributed by atoms with Crippen LogP contribution in [0.5, 0.6) is 0 Å². The van der Waals surface area contributed by atoms with E-state index < -0.39 is 0 Å². The van der Waals surface area contributed by atoms with E-state index in [4.69, 9.17) is 20.3 Å². The number of nitrogens with zero attached hydrogens (tertiary/aromatic N) is 4. The normalized spacial score (nSPS) is 18.7. The molecule has 1 radical (unpaired) electrons. The van der Waals surface area contributed by atoms with Crippen molar-refractivity contribution in [3.63, 3.8) is 0 Å². The first-order chi connectivity index (χ1) is 20.8. The Morgan fingerprint density at radius 3 is 2.39 bits per heavy atom. The molecule has 5 heteroatoms. The molecule has 44 heavy (non-hydrogen) atoms. The summed E-state index contributed by atoms with van der Waals surface area (Å²) >= 11 is 0. The molecule has 0 atom stereocenters. The number of rotatable bonds is 4. The first kappa shape index (κ1) is 32.5. The molecule has 2 aromatic heterocycles. The third kappa shape index (κ3) is 7.00. The van der Waals surface area contributed by atoms with Crippen LogP contribution in [0.4, 0.5) is 0 Å². The number of aromatic nitrogens is 2. The number of benzene rings is 2. The van der Waals surface area contributed by atoms with E-state index >= 15 is 0 Å². The van der Waals surface area contributed by atoms with Gasteiger partial charge in [-0.3, -0.25) is 15.0 Å². The average Bonchev–Trinajstić information content (AvgIpc) is 3.00. The molecule has 0 unspecified atom stereocenters. The van der Waals surface area contributed by atoms with Crippen molar-refractivity contribution in [1.29, 1.82) is 0 Å². The summed E-state index contributed by atoms with van der Waals surface area (Å²) in [6, 6.07) is 19.7. The van der Waals surface area contributed by atoms with Gasteiger partial charge in [-0.25, -0.2) is 0 Å². The molecular weight excluding hydrogens is 717 g/mol. The van der Waals surface area contributed by atoms with E-state index in [1.807, 2.05) is 12.3 Å². The van der Waals surface area contributed by atoms with Crippen LogP contribution in [0.2, 0.25) is 0 Å². The zero-order chi connectivity index (χ0) is 30.0. The molecule has 4 aromatic rings. The number of allylic oxidation sites excluding steroid dienone is 2. The van der Waals surface area contributed by atoms with Gasteiger partial charge in [-0.1, -0.05) is 113 Å². The van der Waals surface area contributed by atoms with Gasteiger partial charge in [0.05, 0.1) is 11.6 Å². The van der Waals surface area contributed by atoms with Crippen molar-refractivity contribution in [2.24, 2.45) is 4.99 Å². The molecule has 2 aromatic carbocycles. The molecule has 0 bridgehead atoms. The van der Waals surface area contributed by atoms with E-state index in [2.05, 4.69) is 83.2 Å². The Morgan fingerprint density at radius 1 is 0.932 bits per heavy atom. The van der Waals surface area contributed by atoms with Gasteiger partial charge >= 0.3 is 0 Å². The van der Waals surface area contributed by atoms with E-state index in [-0.39, 0.29) is 25.5 Å². The fourth-order valence-electron chi connectivity index (χ4n) is 7.36. The number of hydrogen-bond donors (Lipinski definition) is 0. The molecule has 0 aliphatic heterocycles. The minimum absolute atomic E-state index is 0. The van der Waals surface area contributed by atoms with Crippen molar-refractivity contribution < 1.29 is 20.1 Å². The van der Waals surface area contributed by atoms with Gasteiger partial charge in [-0.2, -0.15) is 5.70 Å². The van der Waals surface area contributed by atoms with Crippen LogP contribution in [0.15, 0.2) is 65.4 Å². The minimum Gasteiger partial charge on any atom is -0.685 e. The van der Waals surface area contributed by atoms with Gasteiger partial charge in [0, 0.05) is 43.4 Å². The van der Waals surface area contributed by atoms with Crippen LogP contribution in [0.3, 0.4) is 0 Å². The maximum Gasteiger partial charge on any atom is 0.0669 e. The van der Waals surface area contributed by atoms with Crippen LogP contribution < -0.4 is 0 Å². The van der Waals surface area contributed by atoms with Crippen molar-refractivity contribution in [2.45, 2.75) is 116 Å². The zero-order valence-electron chi connectivity index (χ0n) is 27.0.